The Bertz CT molecular complexity index is 1050. The molecule has 2 aliphatic carbocycles. The van der Waals surface area contributed by atoms with Gasteiger partial charge in [0.1, 0.15) is 11.6 Å². The van der Waals surface area contributed by atoms with E-state index in [4.69, 9.17) is 22.1 Å². The van der Waals surface area contributed by atoms with E-state index in [0.29, 0.717) is 33.3 Å². The van der Waals surface area contributed by atoms with Crippen LogP contribution in [0.15, 0.2) is 41.2 Å². The van der Waals surface area contributed by atoms with Gasteiger partial charge in [0, 0.05) is 0 Å². The van der Waals surface area contributed by atoms with E-state index >= 15 is 0 Å². The van der Waals surface area contributed by atoms with Gasteiger partial charge < -0.3 is 10.5 Å². The van der Waals surface area contributed by atoms with Gasteiger partial charge in [-0.2, -0.15) is 4.98 Å². The molecule has 0 bridgehead atoms. The summed E-state index contributed by atoms with van der Waals surface area (Å²) in [5, 5.41) is 1.10. The van der Waals surface area contributed by atoms with Crippen molar-refractivity contribution in [2.45, 2.75) is 38.0 Å². The molecule has 2 N–H and O–H groups in total. The fraction of sp³-hybridized carbons (Fsp3) is 0.333. The Balaban J connectivity index is 0.000000547. The monoisotopic (exact) mass is 383 g/mol. The SMILES string of the molecule is C1CC1.COc1cc(C2CC2)cc2c1c(N)nc(=O)n2-c1ccccc1Cl. The second-order valence-corrected chi connectivity index (χ2v) is 7.43. The summed E-state index contributed by atoms with van der Waals surface area (Å²) < 4.78 is 7.02. The molecule has 2 aliphatic rings. The van der Waals surface area contributed by atoms with E-state index < -0.39 is 5.69 Å². The number of benzene rings is 2. The van der Waals surface area contributed by atoms with Crippen LogP contribution in [0.1, 0.15) is 43.6 Å². The van der Waals surface area contributed by atoms with E-state index in [1.165, 1.54) is 23.8 Å². The van der Waals surface area contributed by atoms with Gasteiger partial charge in [-0.15, -0.1) is 0 Å². The van der Waals surface area contributed by atoms with E-state index in [1.54, 1.807) is 19.2 Å². The molecule has 0 unspecified atom stereocenters. The molecular formula is C21H22ClN3O2. The predicted octanol–water partition coefficient (Wildman–Crippen LogP) is 4.68. The third kappa shape index (κ3) is 3.65. The maximum absolute atomic E-state index is 12.6. The van der Waals surface area contributed by atoms with Crippen LogP contribution in [-0.2, 0) is 0 Å². The molecule has 2 fully saturated rings. The topological polar surface area (TPSA) is 70.1 Å². The number of ether oxygens (including phenoxy) is 1. The lowest BCUT2D eigenvalue weighted by Crippen LogP contribution is -2.23. The minimum absolute atomic E-state index is 0.164. The van der Waals surface area contributed by atoms with E-state index in [9.17, 15) is 4.79 Å². The van der Waals surface area contributed by atoms with Crippen molar-refractivity contribution >= 4 is 28.3 Å². The van der Waals surface area contributed by atoms with Gasteiger partial charge in [0.2, 0.25) is 0 Å². The summed E-state index contributed by atoms with van der Waals surface area (Å²) >= 11 is 6.31. The van der Waals surface area contributed by atoms with Crippen LogP contribution in [-0.4, -0.2) is 16.7 Å². The molecule has 0 saturated heterocycles. The number of hydrogen-bond donors (Lipinski definition) is 1. The van der Waals surface area contributed by atoms with Gasteiger partial charge in [0.15, 0.2) is 0 Å². The molecule has 27 heavy (non-hydrogen) atoms. The van der Waals surface area contributed by atoms with Crippen LogP contribution in [0.5, 0.6) is 5.75 Å². The molecule has 2 saturated carbocycles. The highest BCUT2D eigenvalue weighted by molar-refractivity contribution is 6.32. The molecule has 0 radical (unpaired) electrons. The molecule has 5 rings (SSSR count). The molecule has 0 amide bonds. The lowest BCUT2D eigenvalue weighted by atomic mass is 10.1. The van der Waals surface area contributed by atoms with Crippen molar-refractivity contribution in [1.29, 1.82) is 0 Å². The van der Waals surface area contributed by atoms with Crippen molar-refractivity contribution in [2.24, 2.45) is 0 Å². The van der Waals surface area contributed by atoms with Crippen LogP contribution in [0.2, 0.25) is 5.02 Å². The summed E-state index contributed by atoms with van der Waals surface area (Å²) in [6.45, 7) is 0. The van der Waals surface area contributed by atoms with Gasteiger partial charge in [0.25, 0.3) is 0 Å². The van der Waals surface area contributed by atoms with Crippen molar-refractivity contribution < 1.29 is 4.74 Å². The van der Waals surface area contributed by atoms with Gasteiger partial charge in [-0.3, -0.25) is 4.57 Å². The zero-order chi connectivity index (χ0) is 19.0. The molecule has 0 spiro atoms. The Morgan fingerprint density at radius 3 is 2.48 bits per heavy atom. The second-order valence-electron chi connectivity index (χ2n) is 7.02. The van der Waals surface area contributed by atoms with Gasteiger partial charge in [0.05, 0.1) is 28.7 Å². The van der Waals surface area contributed by atoms with Gasteiger partial charge in [-0.05, 0) is 48.6 Å². The first kappa shape index (κ1) is 17.9. The Labute approximate surface area is 162 Å². The van der Waals surface area contributed by atoms with Crippen LogP contribution in [0.4, 0.5) is 5.82 Å². The molecule has 3 aromatic rings. The third-order valence-corrected chi connectivity index (χ3v) is 5.04. The maximum atomic E-state index is 12.6. The number of para-hydroxylation sites is 1. The maximum Gasteiger partial charge on any atom is 0.354 e. The molecule has 6 heteroatoms. The number of rotatable bonds is 3. The fourth-order valence-electron chi connectivity index (χ4n) is 3.05. The van der Waals surface area contributed by atoms with Crippen molar-refractivity contribution in [1.82, 2.24) is 9.55 Å². The van der Waals surface area contributed by atoms with Crippen LogP contribution in [0.25, 0.3) is 16.6 Å². The van der Waals surface area contributed by atoms with Crippen molar-refractivity contribution in [3.63, 3.8) is 0 Å². The molecule has 0 atom stereocenters. The smallest absolute Gasteiger partial charge is 0.354 e. The first-order chi connectivity index (χ1) is 13.1. The Morgan fingerprint density at radius 1 is 1.19 bits per heavy atom. The minimum Gasteiger partial charge on any atom is -0.496 e. The summed E-state index contributed by atoms with van der Waals surface area (Å²) in [5.41, 5.74) is 7.96. The molecule has 1 heterocycles. The molecule has 1 aromatic heterocycles. The largest absolute Gasteiger partial charge is 0.496 e. The molecule has 140 valence electrons. The Hall–Kier alpha value is -2.53. The minimum atomic E-state index is -0.455. The summed E-state index contributed by atoms with van der Waals surface area (Å²) in [6.07, 6.45) is 6.79. The summed E-state index contributed by atoms with van der Waals surface area (Å²) in [4.78, 5) is 16.5. The third-order valence-electron chi connectivity index (χ3n) is 4.72. The quantitative estimate of drug-likeness (QED) is 0.713. The highest BCUT2D eigenvalue weighted by Gasteiger charge is 2.26. The fourth-order valence-corrected chi connectivity index (χ4v) is 3.27. The van der Waals surface area contributed by atoms with Crippen molar-refractivity contribution in [3.8, 4) is 11.4 Å². The summed E-state index contributed by atoms with van der Waals surface area (Å²) in [5.74, 6) is 1.30. The van der Waals surface area contributed by atoms with E-state index in [0.717, 1.165) is 18.4 Å². The van der Waals surface area contributed by atoms with Gasteiger partial charge >= 0.3 is 5.69 Å². The lowest BCUT2D eigenvalue weighted by molar-refractivity contribution is 0.419. The van der Waals surface area contributed by atoms with E-state index in [2.05, 4.69) is 4.98 Å². The summed E-state index contributed by atoms with van der Waals surface area (Å²) in [7, 11) is 1.59. The number of nitrogens with two attached hydrogens (primary N) is 1. The standard InChI is InChI=1S/C18H16ClN3O2.C3H6/c1-24-15-9-11(10-6-7-10)8-14-16(15)17(20)21-18(23)22(14)13-5-3-2-4-12(13)19;1-2-3-1/h2-5,8-10H,6-7H2,1H3,(H2,20,21,23);1-3H2. The molecule has 2 aromatic carbocycles. The number of fused-ring (bicyclic) bond motifs is 1. The number of hydrogen-bond acceptors (Lipinski definition) is 4. The zero-order valence-electron chi connectivity index (χ0n) is 15.2. The highest BCUT2D eigenvalue weighted by atomic mass is 35.5. The Kier molecular flexibility index (Phi) is 4.79. The average molecular weight is 384 g/mol. The number of nitrogens with zero attached hydrogens (tertiary/aromatic N) is 2. The van der Waals surface area contributed by atoms with Gasteiger partial charge in [-0.1, -0.05) is 43.0 Å². The first-order valence-corrected chi connectivity index (χ1v) is 9.63. The van der Waals surface area contributed by atoms with Crippen molar-refractivity contribution in [3.05, 3.63) is 57.5 Å². The number of nitrogen functional groups attached to an aromatic ring is 1. The average Bonchev–Trinajstić information content (AvgIpc) is 3.54. The van der Waals surface area contributed by atoms with Gasteiger partial charge in [-0.25, -0.2) is 4.79 Å². The van der Waals surface area contributed by atoms with Crippen LogP contribution >= 0.6 is 11.6 Å². The van der Waals surface area contributed by atoms with Crippen molar-refractivity contribution in [2.75, 3.05) is 12.8 Å². The number of halogens is 1. The molecule has 5 nitrogen and oxygen atoms in total. The van der Waals surface area contributed by atoms with E-state index in [-0.39, 0.29) is 5.82 Å². The first-order valence-electron chi connectivity index (χ1n) is 9.25. The van der Waals surface area contributed by atoms with Crippen LogP contribution < -0.4 is 16.2 Å². The normalized spacial score (nSPS) is 15.2. The zero-order valence-corrected chi connectivity index (χ0v) is 16.0. The van der Waals surface area contributed by atoms with Crippen LogP contribution in [0.3, 0.4) is 0 Å². The number of aromatic nitrogens is 2. The number of anilines is 1. The predicted molar refractivity (Wildman–Crippen MR) is 109 cm³/mol. The molecule has 0 aliphatic heterocycles. The lowest BCUT2D eigenvalue weighted by Gasteiger charge is -2.16. The molecular weight excluding hydrogens is 362 g/mol. The van der Waals surface area contributed by atoms with E-state index in [1.807, 2.05) is 24.3 Å². The summed E-state index contributed by atoms with van der Waals surface area (Å²) in [6, 6.07) is 11.2. The second kappa shape index (κ2) is 7.24. The van der Waals surface area contributed by atoms with Crippen LogP contribution in [0, 0.1) is 0 Å². The number of methoxy groups -OCH3 is 1. The highest BCUT2D eigenvalue weighted by Crippen LogP contribution is 2.44. The Morgan fingerprint density at radius 2 is 1.89 bits per heavy atom.